The van der Waals surface area contributed by atoms with Crippen LogP contribution in [0.15, 0.2) is 0 Å². The Morgan fingerprint density at radius 1 is 1.43 bits per heavy atom. The van der Waals surface area contributed by atoms with Crippen LogP contribution in [-0.2, 0) is 4.79 Å². The topological polar surface area (TPSA) is 63.3 Å². The normalized spacial score (nSPS) is 23.0. The molecule has 0 heterocycles. The van der Waals surface area contributed by atoms with E-state index >= 15 is 0 Å². The van der Waals surface area contributed by atoms with Crippen LogP contribution in [0.5, 0.6) is 0 Å². The molecule has 82 valence electrons. The van der Waals surface area contributed by atoms with Crippen molar-refractivity contribution in [3.8, 4) is 0 Å². The zero-order valence-corrected chi connectivity index (χ0v) is 8.91. The number of aliphatic hydroxyl groups excluding tert-OH is 1. The number of aliphatic hydroxyl groups is 1. The van der Waals surface area contributed by atoms with Crippen LogP contribution in [0.2, 0.25) is 0 Å². The number of rotatable bonds is 4. The van der Waals surface area contributed by atoms with Crippen LogP contribution < -0.4 is 5.73 Å². The van der Waals surface area contributed by atoms with Crippen LogP contribution in [0.1, 0.15) is 45.4 Å². The van der Waals surface area contributed by atoms with Gasteiger partial charge in [-0.1, -0.05) is 39.0 Å². The monoisotopic (exact) mass is 199 g/mol. The van der Waals surface area contributed by atoms with Crippen LogP contribution in [-0.4, -0.2) is 17.1 Å². The Kier molecular flexibility index (Phi) is 4.39. The van der Waals surface area contributed by atoms with Gasteiger partial charge in [-0.3, -0.25) is 4.79 Å². The molecule has 2 atom stereocenters. The third kappa shape index (κ3) is 3.29. The number of hydrogen-bond acceptors (Lipinski definition) is 2. The number of carbonyl (C=O) groups excluding carboxylic acids is 1. The van der Waals surface area contributed by atoms with Crippen LogP contribution in [0.25, 0.3) is 0 Å². The number of nitrogens with two attached hydrogens (primary N) is 1. The zero-order valence-electron chi connectivity index (χ0n) is 8.91. The second kappa shape index (κ2) is 5.35. The quantitative estimate of drug-likeness (QED) is 0.719. The van der Waals surface area contributed by atoms with Gasteiger partial charge in [0.15, 0.2) is 0 Å². The molecule has 1 saturated carbocycles. The van der Waals surface area contributed by atoms with Gasteiger partial charge in [0.25, 0.3) is 0 Å². The van der Waals surface area contributed by atoms with Gasteiger partial charge in [0, 0.05) is 0 Å². The minimum Gasteiger partial charge on any atom is -0.392 e. The van der Waals surface area contributed by atoms with Crippen molar-refractivity contribution in [2.75, 3.05) is 0 Å². The van der Waals surface area contributed by atoms with Gasteiger partial charge in [-0.2, -0.15) is 0 Å². The first kappa shape index (κ1) is 11.5. The number of amides is 1. The van der Waals surface area contributed by atoms with Crippen LogP contribution >= 0.6 is 0 Å². The first-order valence-electron chi connectivity index (χ1n) is 5.58. The molecule has 0 aromatic rings. The Balaban J connectivity index is 2.31. The molecule has 0 saturated heterocycles. The standard InChI is InChI=1S/C11H21NO2/c1-8(11(12)14)10(13)7-9-5-3-2-4-6-9/h8-10,13H,2-7H2,1H3,(H2,12,14)/t8-,10+/m0/s1. The second-order valence-electron chi connectivity index (χ2n) is 4.50. The maximum Gasteiger partial charge on any atom is 0.222 e. The molecule has 14 heavy (non-hydrogen) atoms. The second-order valence-corrected chi connectivity index (χ2v) is 4.50. The lowest BCUT2D eigenvalue weighted by Crippen LogP contribution is -2.32. The summed E-state index contributed by atoms with van der Waals surface area (Å²) in [6.45, 7) is 1.70. The molecular weight excluding hydrogens is 178 g/mol. The molecule has 0 spiro atoms. The van der Waals surface area contributed by atoms with Crippen molar-refractivity contribution in [2.45, 2.75) is 51.6 Å². The first-order chi connectivity index (χ1) is 6.61. The molecule has 1 aliphatic carbocycles. The van der Waals surface area contributed by atoms with Crippen molar-refractivity contribution in [2.24, 2.45) is 17.6 Å². The van der Waals surface area contributed by atoms with E-state index in [9.17, 15) is 9.90 Å². The first-order valence-corrected chi connectivity index (χ1v) is 5.58. The van der Waals surface area contributed by atoms with E-state index in [0.29, 0.717) is 5.92 Å². The molecule has 3 nitrogen and oxygen atoms in total. The lowest BCUT2D eigenvalue weighted by molar-refractivity contribution is -0.124. The van der Waals surface area contributed by atoms with E-state index in [1.54, 1.807) is 6.92 Å². The van der Waals surface area contributed by atoms with Gasteiger partial charge in [-0.05, 0) is 12.3 Å². The summed E-state index contributed by atoms with van der Waals surface area (Å²) in [5, 5.41) is 9.74. The van der Waals surface area contributed by atoms with E-state index < -0.39 is 17.9 Å². The van der Waals surface area contributed by atoms with Gasteiger partial charge in [0.05, 0.1) is 12.0 Å². The average Bonchev–Trinajstić information content (AvgIpc) is 2.18. The maximum atomic E-state index is 10.8. The minimum atomic E-state index is -0.546. The van der Waals surface area contributed by atoms with Crippen molar-refractivity contribution in [3.05, 3.63) is 0 Å². The summed E-state index contributed by atoms with van der Waals surface area (Å²) in [5.74, 6) is -0.203. The molecule has 1 fully saturated rings. The molecule has 0 radical (unpaired) electrons. The fraction of sp³-hybridized carbons (Fsp3) is 0.909. The number of carbonyl (C=O) groups is 1. The van der Waals surface area contributed by atoms with E-state index in [0.717, 1.165) is 6.42 Å². The van der Waals surface area contributed by atoms with Gasteiger partial charge in [-0.25, -0.2) is 0 Å². The highest BCUT2D eigenvalue weighted by Crippen LogP contribution is 2.28. The molecule has 3 N–H and O–H groups in total. The molecule has 0 aromatic carbocycles. The van der Waals surface area contributed by atoms with Gasteiger partial charge >= 0.3 is 0 Å². The zero-order chi connectivity index (χ0) is 10.6. The molecule has 1 rings (SSSR count). The largest absolute Gasteiger partial charge is 0.392 e. The molecule has 0 bridgehead atoms. The Morgan fingerprint density at radius 3 is 2.50 bits per heavy atom. The predicted octanol–water partition coefficient (Wildman–Crippen LogP) is 1.44. The van der Waals surface area contributed by atoms with Crippen LogP contribution in [0, 0.1) is 11.8 Å². The van der Waals surface area contributed by atoms with E-state index in [-0.39, 0.29) is 0 Å². The lowest BCUT2D eigenvalue weighted by atomic mass is 9.83. The fourth-order valence-electron chi connectivity index (χ4n) is 2.16. The summed E-state index contributed by atoms with van der Waals surface area (Å²) >= 11 is 0. The number of hydrogen-bond donors (Lipinski definition) is 2. The molecular formula is C11H21NO2. The molecule has 3 heteroatoms. The third-order valence-electron chi connectivity index (χ3n) is 3.33. The lowest BCUT2D eigenvalue weighted by Gasteiger charge is -2.25. The molecule has 0 aromatic heterocycles. The van der Waals surface area contributed by atoms with Crippen LogP contribution in [0.3, 0.4) is 0 Å². The Labute approximate surface area is 85.7 Å². The average molecular weight is 199 g/mol. The Morgan fingerprint density at radius 2 is 2.00 bits per heavy atom. The van der Waals surface area contributed by atoms with Crippen molar-refractivity contribution in [1.82, 2.24) is 0 Å². The Hall–Kier alpha value is -0.570. The van der Waals surface area contributed by atoms with Crippen molar-refractivity contribution in [3.63, 3.8) is 0 Å². The summed E-state index contributed by atoms with van der Waals surface area (Å²) in [7, 11) is 0. The molecule has 0 unspecified atom stereocenters. The number of primary amides is 1. The highest BCUT2D eigenvalue weighted by atomic mass is 16.3. The van der Waals surface area contributed by atoms with Gasteiger partial charge in [0.1, 0.15) is 0 Å². The van der Waals surface area contributed by atoms with Crippen LogP contribution in [0.4, 0.5) is 0 Å². The summed E-state index contributed by atoms with van der Waals surface area (Å²) in [4.78, 5) is 10.8. The van der Waals surface area contributed by atoms with E-state index in [1.165, 1.54) is 32.1 Å². The van der Waals surface area contributed by atoms with Crippen molar-refractivity contribution in [1.29, 1.82) is 0 Å². The van der Waals surface area contributed by atoms with Crippen molar-refractivity contribution >= 4 is 5.91 Å². The van der Waals surface area contributed by atoms with Gasteiger partial charge in [0.2, 0.25) is 5.91 Å². The summed E-state index contributed by atoms with van der Waals surface area (Å²) in [6.07, 6.45) is 6.44. The van der Waals surface area contributed by atoms with E-state index in [2.05, 4.69) is 0 Å². The summed E-state index contributed by atoms with van der Waals surface area (Å²) < 4.78 is 0. The molecule has 1 amide bonds. The molecule has 1 aliphatic rings. The fourth-order valence-corrected chi connectivity index (χ4v) is 2.16. The summed E-state index contributed by atoms with van der Waals surface area (Å²) in [5.41, 5.74) is 5.14. The highest BCUT2D eigenvalue weighted by Gasteiger charge is 2.24. The Bertz CT molecular complexity index is 188. The highest BCUT2D eigenvalue weighted by molar-refractivity contribution is 5.76. The van der Waals surface area contributed by atoms with E-state index in [4.69, 9.17) is 5.73 Å². The van der Waals surface area contributed by atoms with Gasteiger partial charge in [-0.15, -0.1) is 0 Å². The van der Waals surface area contributed by atoms with E-state index in [1.807, 2.05) is 0 Å². The SMILES string of the molecule is C[C@H](C(N)=O)[C@H](O)CC1CCCCC1. The van der Waals surface area contributed by atoms with Crippen molar-refractivity contribution < 1.29 is 9.90 Å². The smallest absolute Gasteiger partial charge is 0.222 e. The third-order valence-corrected chi connectivity index (χ3v) is 3.33. The summed E-state index contributed by atoms with van der Waals surface area (Å²) in [6, 6.07) is 0. The minimum absolute atomic E-state index is 0.395. The predicted molar refractivity (Wildman–Crippen MR) is 55.6 cm³/mol. The molecule has 0 aliphatic heterocycles. The maximum absolute atomic E-state index is 10.8. The van der Waals surface area contributed by atoms with Gasteiger partial charge < -0.3 is 10.8 Å².